The zero-order chi connectivity index (χ0) is 15.7. The Bertz CT molecular complexity index is 492. The van der Waals surface area contributed by atoms with Crippen LogP contribution in [0.1, 0.15) is 65.7 Å². The smallest absolute Gasteiger partial charge is 0.306 e. The normalized spacial score (nSPS) is 57.5. The van der Waals surface area contributed by atoms with Crippen LogP contribution >= 0.6 is 15.9 Å². The fourth-order valence-electron chi connectivity index (χ4n) is 6.81. The van der Waals surface area contributed by atoms with Crippen molar-refractivity contribution in [3.63, 3.8) is 0 Å². The molecule has 1 aliphatic heterocycles. The second-order valence-electron chi connectivity index (χ2n) is 9.07. The van der Waals surface area contributed by atoms with Crippen LogP contribution in [0.3, 0.4) is 0 Å². The van der Waals surface area contributed by atoms with E-state index in [4.69, 9.17) is 4.74 Å². The highest BCUT2D eigenvalue weighted by atomic mass is 79.9. The minimum atomic E-state index is 0.0144. The number of rotatable bonds is 0. The molecule has 3 aliphatic carbocycles. The summed E-state index contributed by atoms with van der Waals surface area (Å²) >= 11 is 3.91. The predicted molar refractivity (Wildman–Crippen MR) is 90.8 cm³/mol. The lowest BCUT2D eigenvalue weighted by Gasteiger charge is -2.60. The van der Waals surface area contributed by atoms with Crippen molar-refractivity contribution >= 4 is 21.9 Å². The van der Waals surface area contributed by atoms with Gasteiger partial charge in [0.15, 0.2) is 0 Å². The lowest BCUT2D eigenvalue weighted by atomic mass is 9.47. The Labute approximate surface area is 142 Å². The van der Waals surface area contributed by atoms with Crippen molar-refractivity contribution in [2.45, 2.75) is 76.6 Å². The van der Waals surface area contributed by atoms with Crippen molar-refractivity contribution in [1.82, 2.24) is 0 Å². The number of carbonyl (C=O) groups is 1. The fourth-order valence-corrected chi connectivity index (χ4v) is 7.96. The molecular weight excluding hydrogens is 340 g/mol. The summed E-state index contributed by atoms with van der Waals surface area (Å²) in [6, 6.07) is 0. The zero-order valence-electron chi connectivity index (χ0n) is 14.1. The molecule has 3 saturated carbocycles. The molecule has 3 heteroatoms. The summed E-state index contributed by atoms with van der Waals surface area (Å²) in [6.45, 7) is 7.45. The van der Waals surface area contributed by atoms with Gasteiger partial charge in [-0.15, -0.1) is 0 Å². The number of halogens is 1. The van der Waals surface area contributed by atoms with Crippen molar-refractivity contribution < 1.29 is 9.53 Å². The summed E-state index contributed by atoms with van der Waals surface area (Å²) in [5.41, 5.74) is 0.751. The molecule has 0 amide bonds. The van der Waals surface area contributed by atoms with Crippen LogP contribution in [0.4, 0.5) is 0 Å². The molecule has 0 bridgehead atoms. The molecule has 8 atom stereocenters. The van der Waals surface area contributed by atoms with Crippen LogP contribution in [0.5, 0.6) is 0 Å². The third-order valence-corrected chi connectivity index (χ3v) is 9.21. The number of fused-ring (bicyclic) bond motifs is 5. The quantitative estimate of drug-likeness (QED) is 0.446. The largest absolute Gasteiger partial charge is 0.461 e. The van der Waals surface area contributed by atoms with E-state index < -0.39 is 0 Å². The van der Waals surface area contributed by atoms with Gasteiger partial charge in [0, 0.05) is 11.8 Å². The van der Waals surface area contributed by atoms with E-state index in [0.29, 0.717) is 16.7 Å². The summed E-state index contributed by atoms with van der Waals surface area (Å²) in [7, 11) is 0. The molecule has 4 aliphatic rings. The third kappa shape index (κ3) is 1.93. The zero-order valence-corrected chi connectivity index (χ0v) is 15.7. The first-order valence-electron chi connectivity index (χ1n) is 9.20. The molecule has 124 valence electrons. The summed E-state index contributed by atoms with van der Waals surface area (Å²) in [6.07, 6.45) is 8.48. The Morgan fingerprint density at radius 2 is 1.82 bits per heavy atom. The van der Waals surface area contributed by atoms with Crippen LogP contribution in [0.25, 0.3) is 0 Å². The minimum Gasteiger partial charge on any atom is -0.461 e. The lowest BCUT2D eigenvalue weighted by molar-refractivity contribution is -0.189. The minimum absolute atomic E-state index is 0.0144. The average Bonchev–Trinajstić information content (AvgIpc) is 2.77. The molecule has 0 unspecified atom stereocenters. The molecular formula is C19H29BrO2. The fraction of sp³-hybridized carbons (Fsp3) is 0.947. The van der Waals surface area contributed by atoms with Gasteiger partial charge in [-0.05, 0) is 67.6 Å². The molecule has 4 fully saturated rings. The monoisotopic (exact) mass is 368 g/mol. The van der Waals surface area contributed by atoms with Crippen LogP contribution < -0.4 is 0 Å². The molecule has 1 saturated heterocycles. The van der Waals surface area contributed by atoms with Gasteiger partial charge in [-0.2, -0.15) is 0 Å². The molecule has 0 aromatic carbocycles. The van der Waals surface area contributed by atoms with Crippen molar-refractivity contribution in [3.8, 4) is 0 Å². The van der Waals surface area contributed by atoms with Crippen LogP contribution in [-0.2, 0) is 9.53 Å². The molecule has 4 rings (SSSR count). The predicted octanol–water partition coefficient (Wildman–Crippen LogP) is 4.94. The van der Waals surface area contributed by atoms with E-state index in [2.05, 4.69) is 36.7 Å². The molecule has 1 heterocycles. The molecule has 0 aromatic heterocycles. The number of esters is 1. The first-order valence-corrected chi connectivity index (χ1v) is 10.1. The highest BCUT2D eigenvalue weighted by Gasteiger charge is 2.62. The highest BCUT2D eigenvalue weighted by molar-refractivity contribution is 9.09. The van der Waals surface area contributed by atoms with Crippen molar-refractivity contribution in [2.24, 2.45) is 34.5 Å². The molecule has 2 nitrogen and oxygen atoms in total. The van der Waals surface area contributed by atoms with Crippen LogP contribution in [-0.4, -0.2) is 16.9 Å². The maximum Gasteiger partial charge on any atom is 0.306 e. The number of hydrogen-bond acceptors (Lipinski definition) is 2. The van der Waals surface area contributed by atoms with Gasteiger partial charge in [-0.25, -0.2) is 0 Å². The molecule has 0 N–H and O–H groups in total. The maximum absolute atomic E-state index is 11.8. The van der Waals surface area contributed by atoms with E-state index in [9.17, 15) is 4.79 Å². The van der Waals surface area contributed by atoms with E-state index in [1.165, 1.54) is 32.1 Å². The standard InChI is InChI=1S/C19H29BrO2/c1-11-4-5-13-12-10-15(20)17-19(3,9-7-16(21)22-17)14(12)6-8-18(11,13)2/h11-15,17H,4-10H2,1-3H3/t11-,12-,13-,14-,15-,17+,18+,19+/m0/s1. The summed E-state index contributed by atoms with van der Waals surface area (Å²) in [5, 5.41) is 0. The van der Waals surface area contributed by atoms with Crippen molar-refractivity contribution in [3.05, 3.63) is 0 Å². The van der Waals surface area contributed by atoms with E-state index in [-0.39, 0.29) is 17.5 Å². The molecule has 0 spiro atoms. The van der Waals surface area contributed by atoms with Gasteiger partial charge >= 0.3 is 5.97 Å². The highest BCUT2D eigenvalue weighted by Crippen LogP contribution is 2.66. The SMILES string of the molecule is C[C@H]1CC[C@H]2[C@@H]3C[C@H](Br)[C@H]4OC(=O)CC[C@]4(C)[C@H]3CC[C@]12C. The summed E-state index contributed by atoms with van der Waals surface area (Å²) < 4.78 is 5.83. The summed E-state index contributed by atoms with van der Waals surface area (Å²) in [4.78, 5) is 12.1. The van der Waals surface area contributed by atoms with E-state index >= 15 is 0 Å². The van der Waals surface area contributed by atoms with Gasteiger partial charge in [0.2, 0.25) is 0 Å². The molecule has 22 heavy (non-hydrogen) atoms. The van der Waals surface area contributed by atoms with Gasteiger partial charge in [-0.1, -0.05) is 36.7 Å². The summed E-state index contributed by atoms with van der Waals surface area (Å²) in [5.74, 6) is 3.35. The molecule has 0 radical (unpaired) electrons. The Balaban J connectivity index is 1.68. The first kappa shape index (κ1) is 15.5. The first-order chi connectivity index (χ1) is 10.4. The van der Waals surface area contributed by atoms with Gasteiger partial charge in [0.1, 0.15) is 6.10 Å². The topological polar surface area (TPSA) is 26.3 Å². The number of hydrogen-bond donors (Lipinski definition) is 0. The second-order valence-corrected chi connectivity index (χ2v) is 10.2. The van der Waals surface area contributed by atoms with E-state index in [0.717, 1.165) is 30.1 Å². The van der Waals surface area contributed by atoms with Crippen LogP contribution in [0, 0.1) is 34.5 Å². The van der Waals surface area contributed by atoms with E-state index in [1.54, 1.807) is 0 Å². The van der Waals surface area contributed by atoms with Gasteiger partial charge in [-0.3, -0.25) is 4.79 Å². The van der Waals surface area contributed by atoms with Crippen molar-refractivity contribution in [2.75, 3.05) is 0 Å². The van der Waals surface area contributed by atoms with Crippen LogP contribution in [0.2, 0.25) is 0 Å². The van der Waals surface area contributed by atoms with Gasteiger partial charge < -0.3 is 4.74 Å². The van der Waals surface area contributed by atoms with Crippen molar-refractivity contribution in [1.29, 1.82) is 0 Å². The maximum atomic E-state index is 11.8. The Morgan fingerprint density at radius 3 is 2.59 bits per heavy atom. The lowest BCUT2D eigenvalue weighted by Crippen LogP contribution is -2.60. The number of alkyl halides is 1. The number of ether oxygens (including phenoxy) is 1. The number of carbonyl (C=O) groups excluding carboxylic acids is 1. The van der Waals surface area contributed by atoms with Crippen LogP contribution in [0.15, 0.2) is 0 Å². The second kappa shape index (κ2) is 4.97. The third-order valence-electron chi connectivity index (χ3n) is 8.36. The van der Waals surface area contributed by atoms with E-state index in [1.807, 2.05) is 0 Å². The Kier molecular flexibility index (Phi) is 3.50. The van der Waals surface area contributed by atoms with Gasteiger partial charge in [0.25, 0.3) is 0 Å². The Hall–Kier alpha value is -0.0500. The molecule has 0 aromatic rings. The Morgan fingerprint density at radius 1 is 1.09 bits per heavy atom. The van der Waals surface area contributed by atoms with Gasteiger partial charge in [0.05, 0.1) is 4.83 Å². The average molecular weight is 369 g/mol.